The number of halogens is 1. The Bertz CT molecular complexity index is 2030. The highest BCUT2D eigenvalue weighted by Crippen LogP contribution is 2.33. The highest BCUT2D eigenvalue weighted by atomic mass is 35.5. The first-order valence-corrected chi connectivity index (χ1v) is 18.0. The van der Waals surface area contributed by atoms with Crippen molar-refractivity contribution >= 4 is 53.0 Å². The highest BCUT2D eigenvalue weighted by Gasteiger charge is 2.45. The third-order valence-corrected chi connectivity index (χ3v) is 10.2. The molecule has 1 aliphatic carbocycles. The molecule has 1 atom stereocenters. The summed E-state index contributed by atoms with van der Waals surface area (Å²) >= 11 is 6.11. The summed E-state index contributed by atoms with van der Waals surface area (Å²) in [5.41, 5.74) is 2.81. The monoisotopic (exact) mass is 753 g/mol. The number of aromatic nitrogens is 2. The number of piperidine rings is 1. The minimum absolute atomic E-state index is 0.00922. The van der Waals surface area contributed by atoms with E-state index in [0.29, 0.717) is 54.0 Å². The van der Waals surface area contributed by atoms with Crippen LogP contribution < -0.4 is 26.0 Å². The SMILES string of the molecule is N#Cc1ccc(O[C@H]2CC[C@H](NC(=O)c3cnc(NCCNC(=O)CN4Cc5cc6c(cc5C4)C(=O)N(C4CCC(=O)NC4=O)C6=O)nc3)CC2)cc1Cl. The van der Waals surface area contributed by atoms with Crippen molar-refractivity contribution in [2.45, 2.75) is 69.8 Å². The van der Waals surface area contributed by atoms with Gasteiger partial charge in [-0.15, -0.1) is 0 Å². The Kier molecular flexibility index (Phi) is 10.5. The summed E-state index contributed by atoms with van der Waals surface area (Å²) in [6.07, 6.45) is 6.02. The molecule has 16 nitrogen and oxygen atoms in total. The average Bonchev–Trinajstić information content (AvgIpc) is 3.66. The number of amides is 6. The first-order chi connectivity index (χ1) is 26.1. The van der Waals surface area contributed by atoms with E-state index in [2.05, 4.69) is 31.2 Å². The molecule has 1 saturated heterocycles. The van der Waals surface area contributed by atoms with Crippen LogP contribution in [-0.2, 0) is 27.5 Å². The third-order valence-electron chi connectivity index (χ3n) is 9.93. The molecule has 278 valence electrons. The molecular weight excluding hydrogens is 718 g/mol. The lowest BCUT2D eigenvalue weighted by Crippen LogP contribution is -2.54. The molecule has 4 N–H and O–H groups in total. The molecule has 0 radical (unpaired) electrons. The van der Waals surface area contributed by atoms with Gasteiger partial charge in [0.2, 0.25) is 23.7 Å². The second-order valence-electron chi connectivity index (χ2n) is 13.6. The van der Waals surface area contributed by atoms with Gasteiger partial charge in [-0.3, -0.25) is 43.9 Å². The first kappa shape index (κ1) is 36.4. The quantitative estimate of drug-likeness (QED) is 0.164. The van der Waals surface area contributed by atoms with E-state index < -0.39 is 29.7 Å². The number of imide groups is 2. The number of hydrogen-bond donors (Lipinski definition) is 4. The summed E-state index contributed by atoms with van der Waals surface area (Å²) in [5, 5.41) is 20.5. The predicted molar refractivity (Wildman–Crippen MR) is 191 cm³/mol. The van der Waals surface area contributed by atoms with E-state index in [1.165, 1.54) is 12.4 Å². The van der Waals surface area contributed by atoms with Crippen molar-refractivity contribution in [2.24, 2.45) is 0 Å². The van der Waals surface area contributed by atoms with E-state index in [-0.39, 0.29) is 54.5 Å². The number of anilines is 1. The Morgan fingerprint density at radius 3 is 2.26 bits per heavy atom. The molecule has 4 aliphatic rings. The number of nitriles is 1. The zero-order chi connectivity index (χ0) is 37.9. The van der Waals surface area contributed by atoms with Gasteiger partial charge in [-0.2, -0.15) is 5.26 Å². The van der Waals surface area contributed by atoms with Crippen molar-refractivity contribution in [1.29, 1.82) is 5.26 Å². The van der Waals surface area contributed by atoms with E-state index >= 15 is 0 Å². The fourth-order valence-corrected chi connectivity index (χ4v) is 7.38. The average molecular weight is 754 g/mol. The normalized spacial score (nSPS) is 20.8. The van der Waals surface area contributed by atoms with Gasteiger partial charge in [0.15, 0.2) is 0 Å². The predicted octanol–water partition coefficient (Wildman–Crippen LogP) is 2.07. The second kappa shape index (κ2) is 15.6. The van der Waals surface area contributed by atoms with Gasteiger partial charge < -0.3 is 20.7 Å². The van der Waals surface area contributed by atoms with E-state index in [1.807, 2.05) is 11.0 Å². The van der Waals surface area contributed by atoms with Crippen molar-refractivity contribution in [1.82, 2.24) is 35.7 Å². The number of nitrogens with one attached hydrogen (secondary N) is 4. The van der Waals surface area contributed by atoms with Crippen LogP contribution in [0.5, 0.6) is 5.75 Å². The van der Waals surface area contributed by atoms with Gasteiger partial charge in [0.05, 0.1) is 39.9 Å². The summed E-state index contributed by atoms with van der Waals surface area (Å²) in [4.78, 5) is 87.0. The lowest BCUT2D eigenvalue weighted by atomic mass is 9.92. The zero-order valence-electron chi connectivity index (χ0n) is 29.0. The van der Waals surface area contributed by atoms with Crippen LogP contribution in [-0.4, -0.2) is 93.0 Å². The van der Waals surface area contributed by atoms with Gasteiger partial charge in [-0.05, 0) is 67.5 Å². The first-order valence-electron chi connectivity index (χ1n) is 17.7. The molecule has 6 amide bonds. The summed E-state index contributed by atoms with van der Waals surface area (Å²) in [6, 6.07) is 9.32. The summed E-state index contributed by atoms with van der Waals surface area (Å²) < 4.78 is 6.03. The van der Waals surface area contributed by atoms with Crippen LogP contribution in [0.1, 0.15) is 86.3 Å². The minimum Gasteiger partial charge on any atom is -0.490 e. The van der Waals surface area contributed by atoms with Crippen LogP contribution in [0.15, 0.2) is 42.7 Å². The number of rotatable bonds is 11. The van der Waals surface area contributed by atoms with Crippen molar-refractivity contribution in [3.63, 3.8) is 0 Å². The molecule has 2 aromatic carbocycles. The van der Waals surface area contributed by atoms with Crippen molar-refractivity contribution in [2.75, 3.05) is 25.0 Å². The maximum Gasteiger partial charge on any atom is 0.262 e. The number of fused-ring (bicyclic) bond motifs is 2. The van der Waals surface area contributed by atoms with Crippen LogP contribution in [0.4, 0.5) is 5.95 Å². The molecule has 17 heteroatoms. The van der Waals surface area contributed by atoms with Crippen molar-refractivity contribution < 1.29 is 33.5 Å². The molecular formula is C37H36ClN9O7. The molecule has 0 spiro atoms. The molecule has 54 heavy (non-hydrogen) atoms. The van der Waals surface area contributed by atoms with Gasteiger partial charge in [0, 0.05) is 57.1 Å². The molecule has 1 aromatic heterocycles. The van der Waals surface area contributed by atoms with E-state index in [0.717, 1.165) is 41.7 Å². The number of carbonyl (C=O) groups is 6. The summed E-state index contributed by atoms with van der Waals surface area (Å²) in [6.45, 7) is 1.56. The van der Waals surface area contributed by atoms with E-state index in [1.54, 1.807) is 30.3 Å². The molecule has 3 aliphatic heterocycles. The third kappa shape index (κ3) is 7.87. The Morgan fingerprint density at radius 1 is 0.944 bits per heavy atom. The fraction of sp³-hybridized carbons (Fsp3) is 0.378. The Morgan fingerprint density at radius 2 is 1.63 bits per heavy atom. The Labute approximate surface area is 314 Å². The van der Waals surface area contributed by atoms with Gasteiger partial charge in [0.1, 0.15) is 17.9 Å². The van der Waals surface area contributed by atoms with Crippen LogP contribution in [0.2, 0.25) is 5.02 Å². The topological polar surface area (TPSA) is 216 Å². The minimum atomic E-state index is -1.02. The van der Waals surface area contributed by atoms with Crippen LogP contribution >= 0.6 is 11.6 Å². The molecule has 4 heterocycles. The smallest absolute Gasteiger partial charge is 0.262 e. The zero-order valence-corrected chi connectivity index (χ0v) is 29.8. The van der Waals surface area contributed by atoms with Crippen molar-refractivity contribution in [3.8, 4) is 11.8 Å². The lowest BCUT2D eigenvalue weighted by molar-refractivity contribution is -0.136. The molecule has 3 aromatic rings. The molecule has 1 unspecified atom stereocenters. The van der Waals surface area contributed by atoms with E-state index in [9.17, 15) is 28.8 Å². The number of benzene rings is 2. The summed E-state index contributed by atoms with van der Waals surface area (Å²) in [7, 11) is 0. The van der Waals surface area contributed by atoms with E-state index in [4.69, 9.17) is 21.6 Å². The Hall–Kier alpha value is -5.92. The standard InChI is InChI=1S/C37H36ClN9O7/c38-29-13-26(4-1-20(29)14-39)54-25-5-2-24(3-6-25)44-33(50)23-15-42-37(43-16-23)41-10-9-40-32(49)19-46-17-21-11-27-28(12-22(21)18-46)36(53)47(35(27)52)30-7-8-31(48)45-34(30)51/h1,4,11-13,15-16,24-25,30H,2-3,5-10,17-19H2,(H,40,49)(H,44,50)(H,41,42,43)(H,45,48,51)/t24-,25-,30?. The number of nitrogens with zero attached hydrogens (tertiary/aromatic N) is 5. The largest absolute Gasteiger partial charge is 0.490 e. The van der Waals surface area contributed by atoms with Gasteiger partial charge in [-0.1, -0.05) is 11.6 Å². The number of ether oxygens (including phenoxy) is 1. The molecule has 7 rings (SSSR count). The second-order valence-corrected chi connectivity index (χ2v) is 14.1. The molecule has 2 fully saturated rings. The maximum absolute atomic E-state index is 13.2. The fourth-order valence-electron chi connectivity index (χ4n) is 7.17. The number of carbonyl (C=O) groups excluding carboxylic acids is 6. The maximum atomic E-state index is 13.2. The van der Waals surface area contributed by atoms with Gasteiger partial charge in [0.25, 0.3) is 17.7 Å². The Balaban J connectivity index is 0.802. The molecule has 0 bridgehead atoms. The van der Waals surface area contributed by atoms with Crippen LogP contribution in [0.3, 0.4) is 0 Å². The lowest BCUT2D eigenvalue weighted by Gasteiger charge is -2.29. The van der Waals surface area contributed by atoms with Crippen molar-refractivity contribution in [3.05, 3.63) is 81.1 Å². The van der Waals surface area contributed by atoms with Gasteiger partial charge >= 0.3 is 0 Å². The summed E-state index contributed by atoms with van der Waals surface area (Å²) in [5.74, 6) is -1.76. The van der Waals surface area contributed by atoms with Gasteiger partial charge in [-0.25, -0.2) is 9.97 Å². The molecule has 1 saturated carbocycles. The van der Waals surface area contributed by atoms with Crippen LogP contribution in [0, 0.1) is 11.3 Å². The highest BCUT2D eigenvalue weighted by molar-refractivity contribution is 6.31. The number of hydrogen-bond acceptors (Lipinski definition) is 12. The van der Waals surface area contributed by atoms with Crippen LogP contribution in [0.25, 0.3) is 0 Å².